The van der Waals surface area contributed by atoms with Gasteiger partial charge in [0.15, 0.2) is 0 Å². The molecule has 0 radical (unpaired) electrons. The van der Waals surface area contributed by atoms with E-state index in [0.717, 1.165) is 18.1 Å². The molecule has 0 saturated heterocycles. The lowest BCUT2D eigenvalue weighted by molar-refractivity contribution is 0.773. The summed E-state index contributed by atoms with van der Waals surface area (Å²) in [5, 5.41) is 12.8. The maximum Gasteiger partial charge on any atom is 0.254 e. The summed E-state index contributed by atoms with van der Waals surface area (Å²) >= 11 is 0. The highest BCUT2D eigenvalue weighted by atomic mass is 15.4. The van der Waals surface area contributed by atoms with E-state index in [4.69, 9.17) is 5.26 Å². The van der Waals surface area contributed by atoms with Gasteiger partial charge in [-0.15, -0.1) is 0 Å². The largest absolute Gasteiger partial charge is 0.356 e. The second-order valence-corrected chi connectivity index (χ2v) is 3.72. The summed E-state index contributed by atoms with van der Waals surface area (Å²) in [4.78, 5) is 10.5. The molecule has 0 spiro atoms. The maximum absolute atomic E-state index is 8.66. The first-order valence-corrected chi connectivity index (χ1v) is 5.55. The Labute approximate surface area is 99.5 Å². The van der Waals surface area contributed by atoms with Crippen molar-refractivity contribution in [1.29, 1.82) is 5.26 Å². The predicted octanol–water partition coefficient (Wildman–Crippen LogP) is 1.17. The van der Waals surface area contributed by atoms with E-state index in [1.54, 1.807) is 4.52 Å². The number of nitrogens with zero attached hydrogens (tertiary/aromatic N) is 6. The summed E-state index contributed by atoms with van der Waals surface area (Å²) in [6, 6.07) is 4.12. The van der Waals surface area contributed by atoms with Crippen LogP contribution in [0, 0.1) is 18.3 Å². The Morgan fingerprint density at radius 1 is 1.53 bits per heavy atom. The fraction of sp³-hybridized carbons (Fsp3) is 0.455. The average molecular weight is 230 g/mol. The Bertz CT molecular complexity index is 553. The van der Waals surface area contributed by atoms with E-state index in [1.807, 2.05) is 13.0 Å². The van der Waals surface area contributed by atoms with Crippen molar-refractivity contribution in [3.8, 4) is 6.07 Å². The molecule has 0 atom stereocenters. The van der Waals surface area contributed by atoms with Crippen molar-refractivity contribution in [3.05, 3.63) is 18.1 Å². The monoisotopic (exact) mass is 230 g/mol. The van der Waals surface area contributed by atoms with Gasteiger partial charge in [0.2, 0.25) is 0 Å². The van der Waals surface area contributed by atoms with Gasteiger partial charge in [0.25, 0.3) is 5.78 Å². The highest BCUT2D eigenvalue weighted by Crippen LogP contribution is 2.15. The van der Waals surface area contributed by atoms with E-state index in [2.05, 4.69) is 33.0 Å². The van der Waals surface area contributed by atoms with Gasteiger partial charge in [-0.1, -0.05) is 0 Å². The van der Waals surface area contributed by atoms with Gasteiger partial charge >= 0.3 is 0 Å². The highest BCUT2D eigenvalue weighted by molar-refractivity contribution is 5.47. The van der Waals surface area contributed by atoms with Gasteiger partial charge in [-0.3, -0.25) is 0 Å². The van der Waals surface area contributed by atoms with Gasteiger partial charge in [0.05, 0.1) is 12.5 Å². The molecule has 2 aromatic heterocycles. The molecule has 17 heavy (non-hydrogen) atoms. The molecule has 0 saturated carbocycles. The number of anilines is 1. The van der Waals surface area contributed by atoms with Crippen LogP contribution < -0.4 is 4.90 Å². The molecule has 88 valence electrons. The maximum atomic E-state index is 8.66. The van der Waals surface area contributed by atoms with E-state index in [1.165, 1.54) is 6.33 Å². The Balaban J connectivity index is 2.44. The number of aromatic nitrogens is 4. The van der Waals surface area contributed by atoms with Crippen LogP contribution in [0.3, 0.4) is 0 Å². The summed E-state index contributed by atoms with van der Waals surface area (Å²) in [6.07, 6.45) is 1.98. The third-order valence-corrected chi connectivity index (χ3v) is 2.56. The summed E-state index contributed by atoms with van der Waals surface area (Å²) in [6.45, 7) is 5.48. The topological polar surface area (TPSA) is 70.1 Å². The zero-order chi connectivity index (χ0) is 12.3. The van der Waals surface area contributed by atoms with Gasteiger partial charge in [-0.2, -0.15) is 19.9 Å². The van der Waals surface area contributed by atoms with Crippen LogP contribution in [0.1, 0.15) is 19.0 Å². The van der Waals surface area contributed by atoms with Crippen molar-refractivity contribution in [1.82, 2.24) is 19.6 Å². The fourth-order valence-electron chi connectivity index (χ4n) is 1.76. The van der Waals surface area contributed by atoms with Crippen molar-refractivity contribution >= 4 is 11.6 Å². The van der Waals surface area contributed by atoms with Crippen molar-refractivity contribution < 1.29 is 0 Å². The predicted molar refractivity (Wildman–Crippen MR) is 63.6 cm³/mol. The third kappa shape index (κ3) is 2.18. The smallest absolute Gasteiger partial charge is 0.254 e. The number of aryl methyl sites for hydroxylation is 1. The number of hydrogen-bond acceptors (Lipinski definition) is 5. The molecule has 0 bridgehead atoms. The molecule has 0 unspecified atom stereocenters. The minimum absolute atomic E-state index is 0.491. The van der Waals surface area contributed by atoms with Crippen molar-refractivity contribution in [3.63, 3.8) is 0 Å². The van der Waals surface area contributed by atoms with Gasteiger partial charge in [-0.05, 0) is 13.8 Å². The Morgan fingerprint density at radius 2 is 2.35 bits per heavy atom. The van der Waals surface area contributed by atoms with Crippen LogP contribution in [0.5, 0.6) is 0 Å². The molecule has 0 N–H and O–H groups in total. The van der Waals surface area contributed by atoms with E-state index in [0.29, 0.717) is 18.7 Å². The molecule has 0 aliphatic carbocycles. The normalized spacial score (nSPS) is 10.4. The van der Waals surface area contributed by atoms with Crippen LogP contribution in [0.4, 0.5) is 5.82 Å². The minimum atomic E-state index is 0.491. The molecule has 6 heteroatoms. The van der Waals surface area contributed by atoms with Crippen LogP contribution in [0.25, 0.3) is 5.78 Å². The molecule has 0 aliphatic heterocycles. The number of hydrogen-bond donors (Lipinski definition) is 0. The Kier molecular flexibility index (Phi) is 3.19. The standard InChI is InChI=1S/C11H14N6/c1-3-16(6-4-5-12)10-7-9(2)15-11-13-8-14-17(10)11/h7-8H,3-4,6H2,1-2H3. The molecule has 2 rings (SSSR count). The van der Waals surface area contributed by atoms with E-state index >= 15 is 0 Å². The molecule has 0 aliphatic rings. The van der Waals surface area contributed by atoms with Crippen LogP contribution in [0.2, 0.25) is 0 Å². The molecule has 6 nitrogen and oxygen atoms in total. The molecule has 0 fully saturated rings. The minimum Gasteiger partial charge on any atom is -0.356 e. The first-order valence-electron chi connectivity index (χ1n) is 5.55. The van der Waals surface area contributed by atoms with E-state index in [9.17, 15) is 0 Å². The zero-order valence-corrected chi connectivity index (χ0v) is 9.96. The SMILES string of the molecule is CCN(CCC#N)c1cc(C)nc2ncnn12. The lowest BCUT2D eigenvalue weighted by atomic mass is 10.3. The molecule has 2 heterocycles. The summed E-state index contributed by atoms with van der Waals surface area (Å²) in [5.74, 6) is 1.53. The molecular weight excluding hydrogens is 216 g/mol. The zero-order valence-electron chi connectivity index (χ0n) is 9.96. The number of rotatable bonds is 4. The highest BCUT2D eigenvalue weighted by Gasteiger charge is 2.11. The second-order valence-electron chi connectivity index (χ2n) is 3.72. The number of nitriles is 1. The Hall–Kier alpha value is -2.16. The van der Waals surface area contributed by atoms with Crippen LogP contribution in [-0.2, 0) is 0 Å². The molecule has 2 aromatic rings. The van der Waals surface area contributed by atoms with Crippen LogP contribution in [0.15, 0.2) is 12.4 Å². The molecule has 0 aromatic carbocycles. The van der Waals surface area contributed by atoms with Crippen molar-refractivity contribution in [2.75, 3.05) is 18.0 Å². The van der Waals surface area contributed by atoms with Gasteiger partial charge in [0.1, 0.15) is 12.1 Å². The van der Waals surface area contributed by atoms with Gasteiger partial charge in [0, 0.05) is 24.8 Å². The Morgan fingerprint density at radius 3 is 3.06 bits per heavy atom. The number of fused-ring (bicyclic) bond motifs is 1. The average Bonchev–Trinajstić information content (AvgIpc) is 2.77. The van der Waals surface area contributed by atoms with E-state index < -0.39 is 0 Å². The van der Waals surface area contributed by atoms with Gasteiger partial charge in [-0.25, -0.2) is 4.98 Å². The van der Waals surface area contributed by atoms with Crippen molar-refractivity contribution in [2.24, 2.45) is 0 Å². The van der Waals surface area contributed by atoms with Crippen molar-refractivity contribution in [2.45, 2.75) is 20.3 Å². The van der Waals surface area contributed by atoms with Gasteiger partial charge < -0.3 is 4.90 Å². The lowest BCUT2D eigenvalue weighted by Gasteiger charge is -2.22. The third-order valence-electron chi connectivity index (χ3n) is 2.56. The van der Waals surface area contributed by atoms with E-state index in [-0.39, 0.29) is 0 Å². The van der Waals surface area contributed by atoms with Crippen LogP contribution >= 0.6 is 0 Å². The quantitative estimate of drug-likeness (QED) is 0.788. The fourth-order valence-corrected chi connectivity index (χ4v) is 1.76. The second kappa shape index (κ2) is 4.78. The summed E-state index contributed by atoms with van der Waals surface area (Å²) in [7, 11) is 0. The summed E-state index contributed by atoms with van der Waals surface area (Å²) < 4.78 is 1.70. The first kappa shape index (κ1) is 11.3. The lowest BCUT2D eigenvalue weighted by Crippen LogP contribution is -2.26. The summed E-state index contributed by atoms with van der Waals surface area (Å²) in [5.41, 5.74) is 0.899. The van der Waals surface area contributed by atoms with Crippen LogP contribution in [-0.4, -0.2) is 32.7 Å². The first-order chi connectivity index (χ1) is 8.26. The molecular formula is C11H14N6. The molecule has 0 amide bonds.